The third-order valence-electron chi connectivity index (χ3n) is 6.03. The van der Waals surface area contributed by atoms with Gasteiger partial charge in [0.05, 0.1) is 12.2 Å². The van der Waals surface area contributed by atoms with Crippen molar-refractivity contribution in [2.24, 2.45) is 0 Å². The molecule has 2 saturated heterocycles. The van der Waals surface area contributed by atoms with Crippen molar-refractivity contribution in [2.75, 3.05) is 13.1 Å². The fraction of sp³-hybridized carbons (Fsp3) is 1.00. The molecular weight excluding hydrogens is 323 g/mol. The van der Waals surface area contributed by atoms with E-state index in [1.807, 2.05) is 0 Å². The molecular formula is C16H32Cl2N2O2. The third kappa shape index (κ3) is 3.90. The molecule has 4 N–H and O–H groups in total. The van der Waals surface area contributed by atoms with Gasteiger partial charge < -0.3 is 20.8 Å². The number of aliphatic hydroxyl groups excluding tert-OH is 2. The van der Waals surface area contributed by atoms with E-state index >= 15 is 0 Å². The summed E-state index contributed by atoms with van der Waals surface area (Å²) in [5.41, 5.74) is 0.306. The molecule has 132 valence electrons. The lowest BCUT2D eigenvalue weighted by molar-refractivity contribution is 0.0975. The molecule has 4 atom stereocenters. The monoisotopic (exact) mass is 354 g/mol. The molecule has 4 rings (SSSR count). The maximum atomic E-state index is 9.62. The topological polar surface area (TPSA) is 64.5 Å². The SMILES string of the molecule is Cl.Cl.O[C@@H]1CCC[C@@]12CCCN2.O[C@H]1CCC[C@]12CCCN2. The molecule has 2 aliphatic carbocycles. The van der Waals surface area contributed by atoms with E-state index in [0.717, 1.165) is 25.9 Å². The molecule has 6 heteroatoms. The van der Waals surface area contributed by atoms with E-state index in [0.29, 0.717) is 0 Å². The molecule has 22 heavy (non-hydrogen) atoms. The molecule has 0 aromatic rings. The molecule has 4 fully saturated rings. The second-order valence-corrected chi connectivity index (χ2v) is 7.19. The largest absolute Gasteiger partial charge is 0.391 e. The standard InChI is InChI=1S/2C8H15NO.2ClH/c2*10-7-3-1-4-8(7)5-2-6-9-8;;/h2*7,9-10H,1-6H2;2*1H/t2*7-,8-;;/m10../s1. The van der Waals surface area contributed by atoms with Crippen LogP contribution in [0.3, 0.4) is 0 Å². The zero-order valence-corrected chi connectivity index (χ0v) is 15.0. The lowest BCUT2D eigenvalue weighted by Gasteiger charge is -2.27. The highest BCUT2D eigenvalue weighted by molar-refractivity contribution is 5.85. The van der Waals surface area contributed by atoms with Crippen LogP contribution >= 0.6 is 24.8 Å². The van der Waals surface area contributed by atoms with Gasteiger partial charge in [-0.25, -0.2) is 0 Å². The molecule has 0 amide bonds. The highest BCUT2D eigenvalue weighted by atomic mass is 35.5. The summed E-state index contributed by atoms with van der Waals surface area (Å²) in [6.07, 6.45) is 11.5. The van der Waals surface area contributed by atoms with Crippen LogP contribution in [-0.4, -0.2) is 46.6 Å². The van der Waals surface area contributed by atoms with Crippen LogP contribution < -0.4 is 10.6 Å². The van der Waals surface area contributed by atoms with Crippen molar-refractivity contribution in [2.45, 2.75) is 87.5 Å². The Labute approximate surface area is 146 Å². The van der Waals surface area contributed by atoms with Gasteiger partial charge in [-0.1, -0.05) is 0 Å². The summed E-state index contributed by atoms with van der Waals surface area (Å²) in [6.45, 7) is 2.22. The van der Waals surface area contributed by atoms with Gasteiger partial charge in [-0.15, -0.1) is 24.8 Å². The van der Waals surface area contributed by atoms with Crippen LogP contribution in [-0.2, 0) is 0 Å². The van der Waals surface area contributed by atoms with Crippen LogP contribution in [0.25, 0.3) is 0 Å². The maximum absolute atomic E-state index is 9.62. The Kier molecular flexibility index (Phi) is 7.90. The minimum atomic E-state index is -0.0602. The first kappa shape index (κ1) is 20.5. The number of aliphatic hydroxyl groups is 2. The molecule has 2 heterocycles. The van der Waals surface area contributed by atoms with Crippen molar-refractivity contribution in [3.05, 3.63) is 0 Å². The van der Waals surface area contributed by atoms with Gasteiger partial charge in [0, 0.05) is 11.1 Å². The van der Waals surface area contributed by atoms with E-state index in [1.54, 1.807) is 0 Å². The van der Waals surface area contributed by atoms with Gasteiger partial charge >= 0.3 is 0 Å². The highest BCUT2D eigenvalue weighted by Gasteiger charge is 2.44. The maximum Gasteiger partial charge on any atom is 0.0721 e. The van der Waals surface area contributed by atoms with Gasteiger partial charge in [0.25, 0.3) is 0 Å². The van der Waals surface area contributed by atoms with Crippen molar-refractivity contribution >= 4 is 24.8 Å². The molecule has 0 unspecified atom stereocenters. The Morgan fingerprint density at radius 2 is 1.00 bits per heavy atom. The molecule has 4 aliphatic rings. The smallest absolute Gasteiger partial charge is 0.0721 e. The van der Waals surface area contributed by atoms with E-state index in [1.165, 1.54) is 51.4 Å². The number of hydrogen-bond donors (Lipinski definition) is 4. The van der Waals surface area contributed by atoms with Crippen molar-refractivity contribution in [1.82, 2.24) is 10.6 Å². The van der Waals surface area contributed by atoms with Crippen molar-refractivity contribution in [3.8, 4) is 0 Å². The van der Waals surface area contributed by atoms with E-state index in [9.17, 15) is 10.2 Å². The first-order valence-corrected chi connectivity index (χ1v) is 8.53. The Hall–Kier alpha value is 0.420. The van der Waals surface area contributed by atoms with Gasteiger partial charge in [0.1, 0.15) is 0 Å². The minimum Gasteiger partial charge on any atom is -0.391 e. The van der Waals surface area contributed by atoms with Crippen molar-refractivity contribution in [1.29, 1.82) is 0 Å². The molecule has 2 aliphatic heterocycles. The van der Waals surface area contributed by atoms with Crippen LogP contribution in [0.15, 0.2) is 0 Å². The van der Waals surface area contributed by atoms with Crippen LogP contribution in [0.2, 0.25) is 0 Å². The Morgan fingerprint density at radius 3 is 1.23 bits per heavy atom. The predicted molar refractivity (Wildman–Crippen MR) is 94.1 cm³/mol. The second-order valence-electron chi connectivity index (χ2n) is 7.19. The predicted octanol–water partition coefficient (Wildman–Crippen LogP) is 2.15. The zero-order valence-electron chi connectivity index (χ0n) is 13.4. The van der Waals surface area contributed by atoms with Gasteiger partial charge in [0.15, 0.2) is 0 Å². The van der Waals surface area contributed by atoms with Gasteiger partial charge in [-0.3, -0.25) is 0 Å². The minimum absolute atomic E-state index is 0. The van der Waals surface area contributed by atoms with E-state index < -0.39 is 0 Å². The summed E-state index contributed by atoms with van der Waals surface area (Å²) in [7, 11) is 0. The average molecular weight is 355 g/mol. The fourth-order valence-electron chi connectivity index (χ4n) is 4.76. The number of nitrogens with one attached hydrogen (secondary N) is 2. The summed E-state index contributed by atoms with van der Waals surface area (Å²) < 4.78 is 0. The molecule has 0 aromatic heterocycles. The number of hydrogen-bond acceptors (Lipinski definition) is 4. The molecule has 2 saturated carbocycles. The van der Waals surface area contributed by atoms with Crippen LogP contribution in [0.4, 0.5) is 0 Å². The Balaban J connectivity index is 0.000000202. The Bertz CT molecular complexity index is 289. The van der Waals surface area contributed by atoms with Crippen molar-refractivity contribution < 1.29 is 10.2 Å². The summed E-state index contributed by atoms with van der Waals surface area (Å²) >= 11 is 0. The normalized spacial score (nSPS) is 42.8. The van der Waals surface area contributed by atoms with Crippen LogP contribution in [0.5, 0.6) is 0 Å². The molecule has 0 radical (unpaired) electrons. The summed E-state index contributed by atoms with van der Waals surface area (Å²) in [6, 6.07) is 0. The van der Waals surface area contributed by atoms with E-state index in [2.05, 4.69) is 10.6 Å². The highest BCUT2D eigenvalue weighted by Crippen LogP contribution is 2.37. The quantitative estimate of drug-likeness (QED) is 0.538. The average Bonchev–Trinajstić information content (AvgIpc) is 3.20. The first-order chi connectivity index (χ1) is 9.67. The van der Waals surface area contributed by atoms with Gasteiger partial charge in [-0.05, 0) is 77.3 Å². The van der Waals surface area contributed by atoms with E-state index in [4.69, 9.17) is 0 Å². The number of rotatable bonds is 0. The first-order valence-electron chi connectivity index (χ1n) is 8.53. The van der Waals surface area contributed by atoms with E-state index in [-0.39, 0.29) is 48.1 Å². The van der Waals surface area contributed by atoms with Crippen LogP contribution in [0.1, 0.15) is 64.2 Å². The Morgan fingerprint density at radius 1 is 0.636 bits per heavy atom. The lowest BCUT2D eigenvalue weighted by atomic mass is 9.93. The second kappa shape index (κ2) is 8.50. The molecule has 4 nitrogen and oxygen atoms in total. The summed E-state index contributed by atoms with van der Waals surface area (Å²) in [5.74, 6) is 0. The number of halogens is 2. The summed E-state index contributed by atoms with van der Waals surface area (Å²) in [5, 5.41) is 26.1. The third-order valence-corrected chi connectivity index (χ3v) is 6.03. The van der Waals surface area contributed by atoms with Crippen LogP contribution in [0, 0.1) is 0 Å². The molecule has 0 aromatic carbocycles. The fourth-order valence-corrected chi connectivity index (χ4v) is 4.76. The summed E-state index contributed by atoms with van der Waals surface area (Å²) in [4.78, 5) is 0. The van der Waals surface area contributed by atoms with Gasteiger partial charge in [0.2, 0.25) is 0 Å². The zero-order chi connectivity index (χ0) is 14.1. The van der Waals surface area contributed by atoms with Crippen molar-refractivity contribution in [3.63, 3.8) is 0 Å². The molecule has 0 bridgehead atoms. The lowest BCUT2D eigenvalue weighted by Crippen LogP contribution is -2.46. The van der Waals surface area contributed by atoms with Gasteiger partial charge in [-0.2, -0.15) is 0 Å². The molecule has 2 spiro atoms.